The highest BCUT2D eigenvalue weighted by molar-refractivity contribution is 6.02. The lowest BCUT2D eigenvalue weighted by Gasteiger charge is -2.20. The Morgan fingerprint density at radius 1 is 1.17 bits per heavy atom. The predicted molar refractivity (Wildman–Crippen MR) is 109 cm³/mol. The van der Waals surface area contributed by atoms with Gasteiger partial charge in [-0.3, -0.25) is 9.59 Å². The fraction of sp³-hybridized carbons (Fsp3) is 0.227. The molecule has 0 atom stereocenters. The van der Waals surface area contributed by atoms with Gasteiger partial charge >= 0.3 is 5.63 Å². The van der Waals surface area contributed by atoms with E-state index in [4.69, 9.17) is 9.15 Å². The van der Waals surface area contributed by atoms with E-state index in [2.05, 4.69) is 5.32 Å². The number of anilines is 2. The molecule has 4 rings (SSSR count). The summed E-state index contributed by atoms with van der Waals surface area (Å²) in [5.41, 5.74) is 2.04. The van der Waals surface area contributed by atoms with Crippen molar-refractivity contribution < 1.29 is 18.7 Å². The van der Waals surface area contributed by atoms with Crippen LogP contribution in [0.25, 0.3) is 11.0 Å². The molecule has 3 aromatic rings. The molecule has 1 fully saturated rings. The molecule has 1 aliphatic rings. The first-order valence-electron chi connectivity index (χ1n) is 9.38. The molecule has 148 valence electrons. The zero-order valence-corrected chi connectivity index (χ0v) is 15.9. The van der Waals surface area contributed by atoms with Crippen LogP contribution in [0.3, 0.4) is 0 Å². The average molecular weight is 392 g/mol. The molecule has 1 N–H and O–H groups in total. The molecular weight excluding hydrogens is 372 g/mol. The smallest absolute Gasteiger partial charge is 0.336 e. The zero-order chi connectivity index (χ0) is 20.4. The Morgan fingerprint density at radius 2 is 2.00 bits per heavy atom. The molecule has 0 radical (unpaired) electrons. The summed E-state index contributed by atoms with van der Waals surface area (Å²) in [6, 6.07) is 13.7. The molecule has 0 aliphatic carbocycles. The van der Waals surface area contributed by atoms with Crippen LogP contribution in [0.4, 0.5) is 11.4 Å². The Morgan fingerprint density at radius 3 is 2.79 bits per heavy atom. The lowest BCUT2D eigenvalue weighted by molar-refractivity contribution is -0.118. The van der Waals surface area contributed by atoms with Crippen LogP contribution < -0.4 is 20.6 Å². The zero-order valence-electron chi connectivity index (χ0n) is 15.9. The number of benzene rings is 2. The Balaban J connectivity index is 1.45. The lowest BCUT2D eigenvalue weighted by atomic mass is 10.1. The molecule has 0 spiro atoms. The van der Waals surface area contributed by atoms with Gasteiger partial charge in [-0.1, -0.05) is 12.1 Å². The number of hydrogen-bond acceptors (Lipinski definition) is 5. The van der Waals surface area contributed by atoms with Gasteiger partial charge in [-0.15, -0.1) is 0 Å². The maximum Gasteiger partial charge on any atom is 0.336 e. The molecule has 1 aliphatic heterocycles. The summed E-state index contributed by atoms with van der Waals surface area (Å²) in [4.78, 5) is 37.7. The van der Waals surface area contributed by atoms with E-state index >= 15 is 0 Å². The Bertz CT molecular complexity index is 1150. The highest BCUT2D eigenvalue weighted by Crippen LogP contribution is 2.29. The number of para-hydroxylation sites is 2. The van der Waals surface area contributed by atoms with Crippen molar-refractivity contribution in [2.24, 2.45) is 0 Å². The van der Waals surface area contributed by atoms with Crippen LogP contribution in [-0.4, -0.2) is 25.0 Å². The molecule has 0 unspecified atom stereocenters. The van der Waals surface area contributed by atoms with Crippen LogP contribution in [0.2, 0.25) is 0 Å². The van der Waals surface area contributed by atoms with Crippen molar-refractivity contribution in [1.82, 2.24) is 0 Å². The first kappa shape index (κ1) is 18.7. The Labute approximate surface area is 166 Å². The quantitative estimate of drug-likeness (QED) is 0.674. The number of carbonyl (C=O) groups excluding carboxylic acids is 2. The first-order valence-corrected chi connectivity index (χ1v) is 9.38. The Hall–Kier alpha value is -3.61. The van der Waals surface area contributed by atoms with Gasteiger partial charge in [0.1, 0.15) is 11.3 Å². The first-order chi connectivity index (χ1) is 14.0. The van der Waals surface area contributed by atoms with E-state index < -0.39 is 5.63 Å². The van der Waals surface area contributed by atoms with Gasteiger partial charge < -0.3 is 19.4 Å². The lowest BCUT2D eigenvalue weighted by Crippen LogP contribution is -2.26. The molecule has 7 nitrogen and oxygen atoms in total. The standard InChI is InChI=1S/C22H20N2O5/c1-14-11-22(27)29-19-12-15(8-9-16(14)19)28-13-20(25)23-17-5-2-3-6-18(17)24-10-4-7-21(24)26/h2-3,5-6,8-9,11-12H,4,7,10,13H2,1H3,(H,23,25). The molecular formula is C22H20N2O5. The minimum absolute atomic E-state index is 0.0518. The number of ether oxygens (including phenoxy) is 1. The van der Waals surface area contributed by atoms with E-state index in [1.165, 1.54) is 6.07 Å². The van der Waals surface area contributed by atoms with E-state index in [-0.39, 0.29) is 18.4 Å². The number of fused-ring (bicyclic) bond motifs is 1. The van der Waals surface area contributed by atoms with Gasteiger partial charge in [-0.2, -0.15) is 0 Å². The number of amides is 2. The number of nitrogens with zero attached hydrogens (tertiary/aromatic N) is 1. The van der Waals surface area contributed by atoms with E-state index in [0.717, 1.165) is 17.4 Å². The SMILES string of the molecule is Cc1cc(=O)oc2cc(OCC(=O)Nc3ccccc3N3CCCC3=O)ccc12. The second-order valence-corrected chi connectivity index (χ2v) is 6.91. The number of hydrogen-bond donors (Lipinski definition) is 1. The highest BCUT2D eigenvalue weighted by atomic mass is 16.5. The summed E-state index contributed by atoms with van der Waals surface area (Å²) in [6.45, 7) is 2.25. The van der Waals surface area contributed by atoms with Crippen LogP contribution in [-0.2, 0) is 9.59 Å². The van der Waals surface area contributed by atoms with Crippen molar-refractivity contribution in [3.63, 3.8) is 0 Å². The second kappa shape index (κ2) is 7.79. The second-order valence-electron chi connectivity index (χ2n) is 6.91. The molecule has 1 saturated heterocycles. The molecule has 2 heterocycles. The van der Waals surface area contributed by atoms with Gasteiger partial charge in [0, 0.05) is 30.5 Å². The van der Waals surface area contributed by atoms with Crippen molar-refractivity contribution in [3.05, 3.63) is 64.5 Å². The molecule has 0 bridgehead atoms. The van der Waals surface area contributed by atoms with Gasteiger partial charge in [0.25, 0.3) is 5.91 Å². The van der Waals surface area contributed by atoms with E-state index in [0.29, 0.717) is 35.7 Å². The summed E-state index contributed by atoms with van der Waals surface area (Å²) >= 11 is 0. The predicted octanol–water partition coefficient (Wildman–Crippen LogP) is 3.25. The fourth-order valence-corrected chi connectivity index (χ4v) is 3.45. The van der Waals surface area contributed by atoms with Crippen LogP contribution in [0.5, 0.6) is 5.75 Å². The summed E-state index contributed by atoms with van der Waals surface area (Å²) in [5.74, 6) is 0.121. The summed E-state index contributed by atoms with van der Waals surface area (Å²) in [5, 5.41) is 3.61. The number of rotatable bonds is 5. The number of aryl methyl sites for hydroxylation is 1. The topological polar surface area (TPSA) is 88.8 Å². The molecule has 0 saturated carbocycles. The van der Waals surface area contributed by atoms with Crippen molar-refractivity contribution in [3.8, 4) is 5.75 Å². The average Bonchev–Trinajstić information content (AvgIpc) is 3.12. The van der Waals surface area contributed by atoms with Gasteiger partial charge in [-0.05, 0) is 43.2 Å². The number of carbonyl (C=O) groups is 2. The van der Waals surface area contributed by atoms with Crippen LogP contribution in [0.15, 0.2) is 57.7 Å². The molecule has 29 heavy (non-hydrogen) atoms. The molecule has 2 aromatic carbocycles. The third kappa shape index (κ3) is 3.99. The van der Waals surface area contributed by atoms with Crippen LogP contribution in [0.1, 0.15) is 18.4 Å². The minimum atomic E-state index is -0.432. The highest BCUT2D eigenvalue weighted by Gasteiger charge is 2.24. The van der Waals surface area contributed by atoms with Gasteiger partial charge in [0.2, 0.25) is 5.91 Å². The molecule has 7 heteroatoms. The number of nitrogens with one attached hydrogen (secondary N) is 1. The van der Waals surface area contributed by atoms with E-state index in [1.54, 1.807) is 35.2 Å². The van der Waals surface area contributed by atoms with Crippen molar-refractivity contribution in [1.29, 1.82) is 0 Å². The largest absolute Gasteiger partial charge is 0.484 e. The van der Waals surface area contributed by atoms with Gasteiger partial charge in [0.15, 0.2) is 6.61 Å². The van der Waals surface area contributed by atoms with Crippen molar-refractivity contribution >= 4 is 34.2 Å². The van der Waals surface area contributed by atoms with Crippen molar-refractivity contribution in [2.45, 2.75) is 19.8 Å². The third-order valence-corrected chi connectivity index (χ3v) is 4.84. The normalized spacial score (nSPS) is 13.7. The van der Waals surface area contributed by atoms with E-state index in [9.17, 15) is 14.4 Å². The van der Waals surface area contributed by atoms with Crippen LogP contribution in [0, 0.1) is 6.92 Å². The van der Waals surface area contributed by atoms with Crippen molar-refractivity contribution in [2.75, 3.05) is 23.4 Å². The molecule has 2 amide bonds. The maximum absolute atomic E-state index is 12.4. The summed E-state index contributed by atoms with van der Waals surface area (Å²) in [7, 11) is 0. The van der Waals surface area contributed by atoms with Gasteiger partial charge in [0.05, 0.1) is 11.4 Å². The van der Waals surface area contributed by atoms with Crippen LogP contribution >= 0.6 is 0 Å². The summed E-state index contributed by atoms with van der Waals surface area (Å²) in [6.07, 6.45) is 1.32. The fourth-order valence-electron chi connectivity index (χ4n) is 3.45. The Kier molecular flexibility index (Phi) is 5.03. The summed E-state index contributed by atoms with van der Waals surface area (Å²) < 4.78 is 10.8. The van der Waals surface area contributed by atoms with Gasteiger partial charge in [-0.25, -0.2) is 4.79 Å². The monoisotopic (exact) mass is 392 g/mol. The third-order valence-electron chi connectivity index (χ3n) is 4.84. The maximum atomic E-state index is 12.4. The molecule has 1 aromatic heterocycles. The minimum Gasteiger partial charge on any atom is -0.484 e. The van der Waals surface area contributed by atoms with E-state index in [1.807, 2.05) is 19.1 Å².